The molecule has 1 saturated heterocycles. The number of carbonyl (C=O) groups is 1. The molecule has 41 heavy (non-hydrogen) atoms. The molecule has 3 aromatic carbocycles. The highest BCUT2D eigenvalue weighted by molar-refractivity contribution is 8.01. The topological polar surface area (TPSA) is 122 Å². The van der Waals surface area contributed by atoms with Crippen molar-refractivity contribution < 1.29 is 27.4 Å². The number of hydrogen-bond donors (Lipinski definition) is 3. The van der Waals surface area contributed by atoms with E-state index < -0.39 is 45.5 Å². The molecule has 0 aromatic heterocycles. The van der Waals surface area contributed by atoms with E-state index in [0.717, 1.165) is 11.1 Å². The molecule has 1 aliphatic rings. The van der Waals surface area contributed by atoms with Crippen LogP contribution < -0.4 is 11.1 Å². The molecular formula is C30H36FN3O5S2. The summed E-state index contributed by atoms with van der Waals surface area (Å²) in [5.41, 5.74) is 8.41. The first kappa shape index (κ1) is 31.1. The van der Waals surface area contributed by atoms with Crippen LogP contribution in [0.1, 0.15) is 31.9 Å². The van der Waals surface area contributed by atoms with Crippen molar-refractivity contribution >= 4 is 27.8 Å². The Morgan fingerprint density at radius 2 is 1.71 bits per heavy atom. The lowest BCUT2D eigenvalue weighted by atomic mass is 10.0. The number of halogens is 1. The van der Waals surface area contributed by atoms with Gasteiger partial charge < -0.3 is 15.6 Å². The lowest BCUT2D eigenvalue weighted by Crippen LogP contribution is -2.49. The smallest absolute Gasteiger partial charge is 0.323 e. The molecule has 0 saturated carbocycles. The fourth-order valence-electron chi connectivity index (χ4n) is 4.54. The molecule has 1 aliphatic heterocycles. The van der Waals surface area contributed by atoms with Gasteiger partial charge in [-0.3, -0.25) is 10.1 Å². The van der Waals surface area contributed by atoms with Crippen molar-refractivity contribution in [2.45, 2.75) is 48.8 Å². The van der Waals surface area contributed by atoms with Crippen LogP contribution in [0.3, 0.4) is 0 Å². The average Bonchev–Trinajstić information content (AvgIpc) is 3.48. The van der Waals surface area contributed by atoms with Crippen LogP contribution in [0.5, 0.6) is 0 Å². The molecule has 0 aliphatic carbocycles. The van der Waals surface area contributed by atoms with E-state index in [4.69, 9.17) is 10.5 Å². The zero-order valence-electron chi connectivity index (χ0n) is 23.0. The van der Waals surface area contributed by atoms with Gasteiger partial charge in [0.1, 0.15) is 23.5 Å². The van der Waals surface area contributed by atoms with Crippen LogP contribution in [-0.2, 0) is 19.6 Å². The van der Waals surface area contributed by atoms with E-state index in [1.165, 1.54) is 28.2 Å². The number of aliphatic hydroxyl groups excluding tert-OH is 1. The van der Waals surface area contributed by atoms with Crippen molar-refractivity contribution in [2.75, 3.05) is 18.9 Å². The van der Waals surface area contributed by atoms with Gasteiger partial charge in [-0.1, -0.05) is 68.4 Å². The first-order valence-corrected chi connectivity index (χ1v) is 16.0. The van der Waals surface area contributed by atoms with Crippen LogP contribution in [0.15, 0.2) is 83.8 Å². The average molecular weight is 602 g/mol. The number of aliphatic hydroxyl groups is 1. The number of nitrogens with one attached hydrogen (secondary N) is 1. The third-order valence-electron chi connectivity index (χ3n) is 7.01. The maximum Gasteiger partial charge on any atom is 0.323 e. The molecule has 4 N–H and O–H groups in total. The van der Waals surface area contributed by atoms with Gasteiger partial charge in [-0.25, -0.2) is 12.8 Å². The van der Waals surface area contributed by atoms with Crippen molar-refractivity contribution in [1.29, 1.82) is 0 Å². The van der Waals surface area contributed by atoms with Gasteiger partial charge in [0.2, 0.25) is 10.0 Å². The molecule has 4 rings (SSSR count). The van der Waals surface area contributed by atoms with Gasteiger partial charge in [0.25, 0.3) is 0 Å². The van der Waals surface area contributed by atoms with E-state index in [1.54, 1.807) is 36.4 Å². The fraction of sp³-hybridized carbons (Fsp3) is 0.367. The Hall–Kier alpha value is -2.80. The maximum absolute atomic E-state index is 13.6. The number of esters is 1. The van der Waals surface area contributed by atoms with E-state index in [1.807, 2.05) is 44.2 Å². The first-order chi connectivity index (χ1) is 19.6. The zero-order valence-corrected chi connectivity index (χ0v) is 24.7. The molecule has 1 unspecified atom stereocenters. The van der Waals surface area contributed by atoms with E-state index in [9.17, 15) is 22.7 Å². The van der Waals surface area contributed by atoms with Gasteiger partial charge in [0, 0.05) is 24.8 Å². The first-order valence-electron chi connectivity index (χ1n) is 13.5. The van der Waals surface area contributed by atoms with Crippen molar-refractivity contribution in [2.24, 2.45) is 11.7 Å². The Bertz CT molecular complexity index is 1390. The lowest BCUT2D eigenvalue weighted by molar-refractivity contribution is -0.146. The molecule has 1 heterocycles. The highest BCUT2D eigenvalue weighted by atomic mass is 32.2. The molecule has 1 fully saturated rings. The summed E-state index contributed by atoms with van der Waals surface area (Å²) in [7, 11) is -3.90. The van der Waals surface area contributed by atoms with Crippen molar-refractivity contribution in [1.82, 2.24) is 9.62 Å². The number of sulfonamides is 1. The second-order valence-corrected chi connectivity index (χ2v) is 13.3. The predicted octanol–water partition coefficient (Wildman–Crippen LogP) is 4.12. The summed E-state index contributed by atoms with van der Waals surface area (Å²) in [5, 5.41) is 13.5. The molecule has 3 aromatic rings. The number of hydrogen-bond acceptors (Lipinski definition) is 8. The quantitative estimate of drug-likeness (QED) is 0.209. The number of nitrogens with zero attached hydrogens (tertiary/aromatic N) is 1. The van der Waals surface area contributed by atoms with Crippen LogP contribution in [0.25, 0.3) is 11.1 Å². The molecule has 8 nitrogen and oxygen atoms in total. The van der Waals surface area contributed by atoms with Crippen LogP contribution in [0, 0.1) is 11.7 Å². The minimum absolute atomic E-state index is 0.00853. The summed E-state index contributed by atoms with van der Waals surface area (Å²) >= 11 is 1.33. The van der Waals surface area contributed by atoms with Gasteiger partial charge in [0.05, 0.1) is 11.5 Å². The van der Waals surface area contributed by atoms with Gasteiger partial charge in [-0.05, 0) is 46.9 Å². The molecule has 11 heteroatoms. The highest BCUT2D eigenvalue weighted by Gasteiger charge is 2.40. The van der Waals surface area contributed by atoms with E-state index in [2.05, 4.69) is 5.32 Å². The highest BCUT2D eigenvalue weighted by Crippen LogP contribution is 2.33. The van der Waals surface area contributed by atoms with Crippen LogP contribution in [0.4, 0.5) is 4.39 Å². The maximum atomic E-state index is 13.6. The normalized spacial score (nSPS) is 18.2. The van der Waals surface area contributed by atoms with E-state index in [-0.39, 0.29) is 30.4 Å². The molecule has 0 amide bonds. The summed E-state index contributed by atoms with van der Waals surface area (Å²) < 4.78 is 47.5. The largest absolute Gasteiger partial charge is 0.464 e. The summed E-state index contributed by atoms with van der Waals surface area (Å²) in [4.78, 5) is 12.4. The fourth-order valence-corrected chi connectivity index (χ4v) is 7.73. The van der Waals surface area contributed by atoms with Crippen LogP contribution in [-0.4, -0.2) is 60.3 Å². The molecule has 0 bridgehead atoms. The van der Waals surface area contributed by atoms with E-state index in [0.29, 0.717) is 11.3 Å². The number of carbonyl (C=O) groups excluding carboxylic acids is 1. The van der Waals surface area contributed by atoms with Crippen molar-refractivity contribution in [3.8, 4) is 11.1 Å². The second kappa shape index (κ2) is 13.9. The number of rotatable bonds is 12. The number of nitrogens with two attached hydrogens (primary N) is 1. The Labute approximate surface area is 245 Å². The Balaban J connectivity index is 1.48. The number of benzene rings is 3. The van der Waals surface area contributed by atoms with Crippen LogP contribution in [0.2, 0.25) is 0 Å². The Morgan fingerprint density at radius 3 is 2.34 bits per heavy atom. The molecule has 4 atom stereocenters. The van der Waals surface area contributed by atoms with Crippen molar-refractivity contribution in [3.05, 3.63) is 90.2 Å². The Morgan fingerprint density at radius 1 is 1.07 bits per heavy atom. The molecular weight excluding hydrogens is 565 g/mol. The van der Waals surface area contributed by atoms with Crippen molar-refractivity contribution in [3.63, 3.8) is 0 Å². The predicted molar refractivity (Wildman–Crippen MR) is 159 cm³/mol. The standard InChI is InChI=1S/C30H36FN3O5S2/c1-20(2)27(32)30(36)39-18-16-26(23-8-12-24(31)13-9-23)33-28(35)29-34(17-19-40-29)41(37,38)25-14-10-22(11-15-25)21-6-4-3-5-7-21/h3-15,20,26-29,33,35H,16-19,32H2,1-2H3/t26-,27-,28?,29-/m0/s1. The third kappa shape index (κ3) is 7.73. The van der Waals surface area contributed by atoms with Gasteiger partial charge in [-0.2, -0.15) is 4.31 Å². The third-order valence-corrected chi connectivity index (χ3v) is 10.3. The SMILES string of the molecule is CC(C)[C@H](N)C(=O)OCC[C@H](NC(O)[C@@H]1SCCN1S(=O)(=O)c1ccc(-c2ccccc2)cc1)c1ccc(F)cc1. The van der Waals surface area contributed by atoms with Crippen LogP contribution >= 0.6 is 11.8 Å². The van der Waals surface area contributed by atoms with Gasteiger partial charge >= 0.3 is 5.97 Å². The molecule has 220 valence electrons. The van der Waals surface area contributed by atoms with Gasteiger partial charge in [0.15, 0.2) is 0 Å². The second-order valence-electron chi connectivity index (χ2n) is 10.2. The molecule has 0 radical (unpaired) electrons. The number of ether oxygens (including phenoxy) is 1. The minimum atomic E-state index is -3.90. The minimum Gasteiger partial charge on any atom is -0.464 e. The molecule has 0 spiro atoms. The van der Waals surface area contributed by atoms with Gasteiger partial charge in [-0.15, -0.1) is 11.8 Å². The summed E-state index contributed by atoms with van der Waals surface area (Å²) in [6.45, 7) is 3.89. The number of thioether (sulfide) groups is 1. The summed E-state index contributed by atoms with van der Waals surface area (Å²) in [6.07, 6.45) is -1.01. The summed E-state index contributed by atoms with van der Waals surface area (Å²) in [6, 6.07) is 20.8. The Kier molecular flexibility index (Phi) is 10.6. The summed E-state index contributed by atoms with van der Waals surface area (Å²) in [5.74, 6) is -0.516. The lowest BCUT2D eigenvalue weighted by Gasteiger charge is -2.31. The van der Waals surface area contributed by atoms with E-state index >= 15 is 0 Å². The monoisotopic (exact) mass is 601 g/mol. The zero-order chi connectivity index (χ0) is 29.6.